The number of nitrogens with one attached hydrogen (secondary N) is 1. The van der Waals surface area contributed by atoms with Gasteiger partial charge in [0.05, 0.1) is 7.11 Å². The van der Waals surface area contributed by atoms with Crippen LogP contribution in [0.4, 0.5) is 5.82 Å². The van der Waals surface area contributed by atoms with E-state index in [9.17, 15) is 4.79 Å². The molecule has 0 fully saturated rings. The summed E-state index contributed by atoms with van der Waals surface area (Å²) in [6, 6.07) is 6.48. The zero-order valence-electron chi connectivity index (χ0n) is 9.55. The van der Waals surface area contributed by atoms with Gasteiger partial charge in [-0.3, -0.25) is 4.79 Å². The Hall–Kier alpha value is -2.14. The number of hydrogen-bond acceptors (Lipinski definition) is 4. The van der Waals surface area contributed by atoms with E-state index in [4.69, 9.17) is 16.3 Å². The Balaban J connectivity index is 2.21. The molecule has 92 valence electrons. The molecule has 1 amide bonds. The lowest BCUT2D eigenvalue weighted by molar-refractivity contribution is 0.102. The van der Waals surface area contributed by atoms with Crippen LogP contribution in [0.3, 0.4) is 0 Å². The quantitative estimate of drug-likeness (QED) is 0.864. The fourth-order valence-corrected chi connectivity index (χ4v) is 1.55. The first-order valence-corrected chi connectivity index (χ1v) is 5.50. The third-order valence-corrected chi connectivity index (χ3v) is 2.42. The van der Waals surface area contributed by atoms with Crippen LogP contribution >= 0.6 is 11.6 Å². The molecule has 0 bridgehead atoms. The van der Waals surface area contributed by atoms with Gasteiger partial charge in [-0.05, 0) is 24.3 Å². The molecular weight excluding hydrogens is 254 g/mol. The largest absolute Gasteiger partial charge is 0.493 e. The average molecular weight is 264 g/mol. The van der Waals surface area contributed by atoms with Crippen LogP contribution in [0.1, 0.15) is 10.4 Å². The molecule has 2 heterocycles. The molecule has 0 aromatic carbocycles. The molecule has 1 N–H and O–H groups in total. The Morgan fingerprint density at radius 1 is 1.33 bits per heavy atom. The summed E-state index contributed by atoms with van der Waals surface area (Å²) >= 11 is 5.72. The van der Waals surface area contributed by atoms with Crippen LogP contribution in [0, 0.1) is 0 Å². The predicted octanol–water partition coefficient (Wildman–Crippen LogP) is 2.39. The number of nitrogens with zero attached hydrogens (tertiary/aromatic N) is 2. The number of halogens is 1. The first-order valence-electron chi connectivity index (χ1n) is 5.12. The Kier molecular flexibility index (Phi) is 3.74. The molecule has 0 aliphatic rings. The van der Waals surface area contributed by atoms with Gasteiger partial charge in [0, 0.05) is 18.0 Å². The minimum absolute atomic E-state index is 0.260. The smallest absolute Gasteiger partial charge is 0.257 e. The molecule has 2 rings (SSSR count). The van der Waals surface area contributed by atoms with Gasteiger partial charge in [0.2, 0.25) is 0 Å². The van der Waals surface area contributed by atoms with Crippen molar-refractivity contribution >= 4 is 23.3 Å². The van der Waals surface area contributed by atoms with Gasteiger partial charge in [-0.25, -0.2) is 9.97 Å². The van der Waals surface area contributed by atoms with Gasteiger partial charge >= 0.3 is 0 Å². The lowest BCUT2D eigenvalue weighted by Gasteiger charge is -2.08. The fraction of sp³-hybridized carbons (Fsp3) is 0.0833. The number of hydrogen-bond donors (Lipinski definition) is 1. The summed E-state index contributed by atoms with van der Waals surface area (Å²) < 4.78 is 5.09. The molecule has 0 atom stereocenters. The summed E-state index contributed by atoms with van der Waals surface area (Å²) in [5.41, 5.74) is 0.405. The number of rotatable bonds is 3. The van der Waals surface area contributed by atoms with E-state index in [0.717, 1.165) is 0 Å². The van der Waals surface area contributed by atoms with E-state index >= 15 is 0 Å². The maximum atomic E-state index is 11.9. The minimum atomic E-state index is -0.323. The molecule has 6 heteroatoms. The third-order valence-electron chi connectivity index (χ3n) is 2.21. The molecule has 18 heavy (non-hydrogen) atoms. The van der Waals surface area contributed by atoms with Crippen LogP contribution in [-0.2, 0) is 0 Å². The van der Waals surface area contributed by atoms with Gasteiger partial charge in [-0.15, -0.1) is 0 Å². The predicted molar refractivity (Wildman–Crippen MR) is 68.0 cm³/mol. The summed E-state index contributed by atoms with van der Waals surface area (Å²) in [5, 5.41) is 2.90. The maximum Gasteiger partial charge on any atom is 0.257 e. The molecule has 2 aromatic heterocycles. The first kappa shape index (κ1) is 12.3. The van der Waals surface area contributed by atoms with Crippen molar-refractivity contribution in [2.24, 2.45) is 0 Å². The van der Waals surface area contributed by atoms with Gasteiger partial charge in [0.15, 0.2) is 11.6 Å². The topological polar surface area (TPSA) is 64.1 Å². The highest BCUT2D eigenvalue weighted by molar-refractivity contribution is 6.29. The molecule has 0 radical (unpaired) electrons. The van der Waals surface area contributed by atoms with Crippen LogP contribution in [0.25, 0.3) is 0 Å². The van der Waals surface area contributed by atoms with E-state index in [1.54, 1.807) is 24.4 Å². The number of methoxy groups -OCH3 is 1. The fourth-order valence-electron chi connectivity index (χ4n) is 1.37. The zero-order valence-corrected chi connectivity index (χ0v) is 10.3. The minimum Gasteiger partial charge on any atom is -0.493 e. The normalized spacial score (nSPS) is 9.89. The molecule has 5 nitrogen and oxygen atoms in total. The van der Waals surface area contributed by atoms with Crippen molar-refractivity contribution in [3.8, 4) is 5.75 Å². The maximum absolute atomic E-state index is 11.9. The van der Waals surface area contributed by atoms with Crippen LogP contribution in [0.15, 0.2) is 36.7 Å². The summed E-state index contributed by atoms with van der Waals surface area (Å²) in [4.78, 5) is 19.8. The molecule has 2 aromatic rings. The highest BCUT2D eigenvalue weighted by Crippen LogP contribution is 2.20. The molecule has 0 aliphatic heterocycles. The van der Waals surface area contributed by atoms with Gasteiger partial charge in [0.25, 0.3) is 5.91 Å². The molecule has 0 spiro atoms. The highest BCUT2D eigenvalue weighted by atomic mass is 35.5. The molecule has 0 saturated carbocycles. The standard InChI is InChI=1S/C12H10ClN3O2/c1-18-9-3-2-5-15-11(9)16-12(17)8-4-6-14-10(13)7-8/h2-7H,1H3,(H,15,16,17). The summed E-state index contributed by atoms with van der Waals surface area (Å²) in [7, 11) is 1.51. The summed E-state index contributed by atoms with van der Waals surface area (Å²) in [6.07, 6.45) is 3.03. The molecular formula is C12H10ClN3O2. The van der Waals surface area contributed by atoms with E-state index in [-0.39, 0.29) is 11.1 Å². The van der Waals surface area contributed by atoms with Gasteiger partial charge < -0.3 is 10.1 Å². The van der Waals surface area contributed by atoms with Crippen LogP contribution < -0.4 is 10.1 Å². The van der Waals surface area contributed by atoms with E-state index in [1.807, 2.05) is 0 Å². The van der Waals surface area contributed by atoms with Crippen LogP contribution in [0.5, 0.6) is 5.75 Å². The number of carbonyl (C=O) groups excluding carboxylic acids is 1. The lowest BCUT2D eigenvalue weighted by atomic mass is 10.2. The van der Waals surface area contributed by atoms with Crippen molar-refractivity contribution in [3.05, 3.63) is 47.4 Å². The summed E-state index contributed by atoms with van der Waals surface area (Å²) in [6.45, 7) is 0. The van der Waals surface area contributed by atoms with Crippen molar-refractivity contribution in [3.63, 3.8) is 0 Å². The second-order valence-corrected chi connectivity index (χ2v) is 3.76. The first-order chi connectivity index (χ1) is 8.70. The van der Waals surface area contributed by atoms with Gasteiger partial charge in [-0.2, -0.15) is 0 Å². The Labute approximate surface area is 109 Å². The monoisotopic (exact) mass is 263 g/mol. The van der Waals surface area contributed by atoms with Crippen molar-refractivity contribution in [1.29, 1.82) is 0 Å². The van der Waals surface area contributed by atoms with E-state index in [0.29, 0.717) is 17.1 Å². The molecule has 0 saturated heterocycles. The highest BCUT2D eigenvalue weighted by Gasteiger charge is 2.10. The second-order valence-electron chi connectivity index (χ2n) is 3.38. The van der Waals surface area contributed by atoms with Crippen molar-refractivity contribution in [1.82, 2.24) is 9.97 Å². The Morgan fingerprint density at radius 3 is 2.89 bits per heavy atom. The van der Waals surface area contributed by atoms with E-state index < -0.39 is 0 Å². The zero-order chi connectivity index (χ0) is 13.0. The van der Waals surface area contributed by atoms with Gasteiger partial charge in [-0.1, -0.05) is 11.6 Å². The number of carbonyl (C=O) groups is 1. The van der Waals surface area contributed by atoms with E-state index in [2.05, 4.69) is 15.3 Å². The number of pyridine rings is 2. The van der Waals surface area contributed by atoms with Crippen molar-refractivity contribution in [2.75, 3.05) is 12.4 Å². The average Bonchev–Trinajstić information content (AvgIpc) is 2.39. The number of amides is 1. The Morgan fingerprint density at radius 2 is 2.17 bits per heavy atom. The van der Waals surface area contributed by atoms with Gasteiger partial charge in [0.1, 0.15) is 5.15 Å². The third kappa shape index (κ3) is 2.75. The lowest BCUT2D eigenvalue weighted by Crippen LogP contribution is -2.13. The second kappa shape index (κ2) is 5.46. The molecule has 0 aliphatic carbocycles. The van der Waals surface area contributed by atoms with Crippen molar-refractivity contribution < 1.29 is 9.53 Å². The van der Waals surface area contributed by atoms with E-state index in [1.165, 1.54) is 19.4 Å². The van der Waals surface area contributed by atoms with Crippen LogP contribution in [0.2, 0.25) is 5.15 Å². The SMILES string of the molecule is COc1cccnc1NC(=O)c1ccnc(Cl)c1. The van der Waals surface area contributed by atoms with Crippen molar-refractivity contribution in [2.45, 2.75) is 0 Å². The molecule has 0 unspecified atom stereocenters. The summed E-state index contributed by atoms with van der Waals surface area (Å²) in [5.74, 6) is 0.528. The number of ether oxygens (including phenoxy) is 1. The Bertz CT molecular complexity index is 575. The number of anilines is 1. The van der Waals surface area contributed by atoms with Crippen LogP contribution in [-0.4, -0.2) is 23.0 Å². The number of aromatic nitrogens is 2.